The van der Waals surface area contributed by atoms with Gasteiger partial charge in [-0.15, -0.1) is 0 Å². The second kappa shape index (κ2) is 5.85. The molecule has 18 heavy (non-hydrogen) atoms. The summed E-state index contributed by atoms with van der Waals surface area (Å²) in [4.78, 5) is 0. The molecule has 1 N–H and O–H groups in total. The second-order valence-electron chi connectivity index (χ2n) is 5.74. The van der Waals surface area contributed by atoms with Crippen molar-refractivity contribution in [2.45, 2.75) is 51.7 Å². The van der Waals surface area contributed by atoms with Crippen molar-refractivity contribution in [1.29, 1.82) is 0 Å². The number of likely N-dealkylation sites (N-methyl/N-ethyl adjacent to an activating group) is 1. The zero-order valence-corrected chi connectivity index (χ0v) is 11.8. The number of nitrogens with one attached hydrogen (secondary N) is 1. The van der Waals surface area contributed by atoms with Crippen molar-refractivity contribution in [3.05, 3.63) is 35.4 Å². The Labute approximate surface area is 111 Å². The van der Waals surface area contributed by atoms with Crippen LogP contribution in [0, 0.1) is 0 Å². The van der Waals surface area contributed by atoms with Gasteiger partial charge in [0.15, 0.2) is 0 Å². The van der Waals surface area contributed by atoms with Crippen LogP contribution in [0.15, 0.2) is 24.3 Å². The smallest absolute Gasteiger partial charge is 0.0835 e. The van der Waals surface area contributed by atoms with E-state index in [1.807, 2.05) is 0 Å². The standard InChI is InChI=1S/C16H25NO/c1-4-17-12-16(2,3)18-15-11-7-9-13-8-5-6-10-14(13)15/h5-6,8,10,15,17H,4,7,9,11-12H2,1-3H3. The number of rotatable bonds is 5. The summed E-state index contributed by atoms with van der Waals surface area (Å²) >= 11 is 0. The third kappa shape index (κ3) is 3.33. The molecule has 0 aromatic heterocycles. The number of aryl methyl sites for hydroxylation is 1. The molecule has 0 aliphatic heterocycles. The maximum absolute atomic E-state index is 6.34. The fraction of sp³-hybridized carbons (Fsp3) is 0.625. The third-order valence-corrected chi connectivity index (χ3v) is 3.58. The summed E-state index contributed by atoms with van der Waals surface area (Å²) in [6.45, 7) is 8.38. The van der Waals surface area contributed by atoms with E-state index in [0.717, 1.165) is 19.5 Å². The van der Waals surface area contributed by atoms with Crippen molar-refractivity contribution in [2.24, 2.45) is 0 Å². The summed E-state index contributed by atoms with van der Waals surface area (Å²) in [6, 6.07) is 8.72. The van der Waals surface area contributed by atoms with Crippen LogP contribution >= 0.6 is 0 Å². The predicted octanol–water partition coefficient (Wildman–Crippen LogP) is 3.47. The summed E-state index contributed by atoms with van der Waals surface area (Å²) in [5.41, 5.74) is 2.76. The lowest BCUT2D eigenvalue weighted by molar-refractivity contribution is -0.0780. The number of fused-ring (bicyclic) bond motifs is 1. The van der Waals surface area contributed by atoms with Gasteiger partial charge in [0.1, 0.15) is 0 Å². The lowest BCUT2D eigenvalue weighted by atomic mass is 9.89. The first-order chi connectivity index (χ1) is 8.62. The van der Waals surface area contributed by atoms with Crippen molar-refractivity contribution >= 4 is 0 Å². The van der Waals surface area contributed by atoms with Crippen LogP contribution in [0.4, 0.5) is 0 Å². The molecular weight excluding hydrogens is 222 g/mol. The second-order valence-corrected chi connectivity index (χ2v) is 5.74. The van der Waals surface area contributed by atoms with Gasteiger partial charge in [0.2, 0.25) is 0 Å². The van der Waals surface area contributed by atoms with Crippen molar-refractivity contribution in [2.75, 3.05) is 13.1 Å². The molecule has 2 rings (SSSR count). The summed E-state index contributed by atoms with van der Waals surface area (Å²) < 4.78 is 6.34. The highest BCUT2D eigenvalue weighted by Gasteiger charge is 2.27. The Hall–Kier alpha value is -0.860. The van der Waals surface area contributed by atoms with Gasteiger partial charge in [-0.3, -0.25) is 0 Å². The first-order valence-corrected chi connectivity index (χ1v) is 7.09. The third-order valence-electron chi connectivity index (χ3n) is 3.58. The molecule has 2 nitrogen and oxygen atoms in total. The topological polar surface area (TPSA) is 21.3 Å². The highest BCUT2D eigenvalue weighted by molar-refractivity contribution is 5.31. The number of benzene rings is 1. The van der Waals surface area contributed by atoms with Gasteiger partial charge in [0.25, 0.3) is 0 Å². The predicted molar refractivity (Wildman–Crippen MR) is 75.8 cm³/mol. The van der Waals surface area contributed by atoms with E-state index in [2.05, 4.69) is 50.4 Å². The van der Waals surface area contributed by atoms with Gasteiger partial charge >= 0.3 is 0 Å². The fourth-order valence-corrected chi connectivity index (χ4v) is 2.68. The SMILES string of the molecule is CCNCC(C)(C)OC1CCCc2ccccc21. The Morgan fingerprint density at radius 3 is 2.89 bits per heavy atom. The summed E-state index contributed by atoms with van der Waals surface area (Å²) in [6.07, 6.45) is 3.85. The average molecular weight is 247 g/mol. The van der Waals surface area contributed by atoms with E-state index < -0.39 is 0 Å². The molecule has 100 valence electrons. The Kier molecular flexibility index (Phi) is 4.41. The van der Waals surface area contributed by atoms with Crippen LogP contribution in [0.5, 0.6) is 0 Å². The molecule has 0 spiro atoms. The van der Waals surface area contributed by atoms with Gasteiger partial charge < -0.3 is 10.1 Å². The molecule has 0 fully saturated rings. The van der Waals surface area contributed by atoms with E-state index in [4.69, 9.17) is 4.74 Å². The van der Waals surface area contributed by atoms with Crippen molar-refractivity contribution < 1.29 is 4.74 Å². The van der Waals surface area contributed by atoms with Crippen LogP contribution < -0.4 is 5.32 Å². The lowest BCUT2D eigenvalue weighted by Crippen LogP contribution is -2.39. The molecule has 0 radical (unpaired) electrons. The molecule has 1 aliphatic carbocycles. The van der Waals surface area contributed by atoms with Gasteiger partial charge in [-0.1, -0.05) is 31.2 Å². The van der Waals surface area contributed by atoms with Gasteiger partial charge in [0, 0.05) is 6.54 Å². The first-order valence-electron chi connectivity index (χ1n) is 7.09. The summed E-state index contributed by atoms with van der Waals surface area (Å²) in [5, 5.41) is 3.38. The minimum Gasteiger partial charge on any atom is -0.366 e. The monoisotopic (exact) mass is 247 g/mol. The molecule has 0 amide bonds. The van der Waals surface area contributed by atoms with E-state index >= 15 is 0 Å². The maximum atomic E-state index is 6.34. The van der Waals surface area contributed by atoms with Gasteiger partial charge in [-0.2, -0.15) is 0 Å². The largest absolute Gasteiger partial charge is 0.366 e. The van der Waals surface area contributed by atoms with Crippen molar-refractivity contribution in [3.8, 4) is 0 Å². The van der Waals surface area contributed by atoms with E-state index in [-0.39, 0.29) is 11.7 Å². The van der Waals surface area contributed by atoms with Gasteiger partial charge in [0.05, 0.1) is 11.7 Å². The molecule has 1 aromatic carbocycles. The van der Waals surface area contributed by atoms with Crippen molar-refractivity contribution in [1.82, 2.24) is 5.32 Å². The van der Waals surface area contributed by atoms with E-state index in [1.165, 1.54) is 24.0 Å². The number of hydrogen-bond acceptors (Lipinski definition) is 2. The Balaban J connectivity index is 2.06. The fourth-order valence-electron chi connectivity index (χ4n) is 2.68. The zero-order chi connectivity index (χ0) is 13.0. The van der Waals surface area contributed by atoms with Crippen LogP contribution in [0.3, 0.4) is 0 Å². The Bertz CT molecular complexity index is 386. The molecule has 1 unspecified atom stereocenters. The first kappa shape index (κ1) is 13.6. The van der Waals surface area contributed by atoms with Crippen LogP contribution in [0.25, 0.3) is 0 Å². The van der Waals surface area contributed by atoms with Crippen molar-refractivity contribution in [3.63, 3.8) is 0 Å². The van der Waals surface area contributed by atoms with Crippen LogP contribution in [0.2, 0.25) is 0 Å². The van der Waals surface area contributed by atoms with Gasteiger partial charge in [-0.05, 0) is 50.8 Å². The highest BCUT2D eigenvalue weighted by atomic mass is 16.5. The molecule has 1 atom stereocenters. The quantitative estimate of drug-likeness (QED) is 0.860. The molecule has 1 aliphatic rings. The highest BCUT2D eigenvalue weighted by Crippen LogP contribution is 2.35. The summed E-state index contributed by atoms with van der Waals surface area (Å²) in [7, 11) is 0. The van der Waals surface area contributed by atoms with E-state index in [9.17, 15) is 0 Å². The van der Waals surface area contributed by atoms with Crippen LogP contribution in [-0.4, -0.2) is 18.7 Å². The lowest BCUT2D eigenvalue weighted by Gasteiger charge is -2.34. The minimum absolute atomic E-state index is 0.106. The van der Waals surface area contributed by atoms with Crippen LogP contribution in [0.1, 0.15) is 50.8 Å². The van der Waals surface area contributed by atoms with E-state index in [0.29, 0.717) is 0 Å². The molecule has 1 aromatic rings. The van der Waals surface area contributed by atoms with Crippen LogP contribution in [-0.2, 0) is 11.2 Å². The average Bonchev–Trinajstić information content (AvgIpc) is 2.37. The molecule has 0 saturated heterocycles. The Morgan fingerprint density at radius 1 is 1.33 bits per heavy atom. The number of hydrogen-bond donors (Lipinski definition) is 1. The molecule has 0 heterocycles. The maximum Gasteiger partial charge on any atom is 0.0835 e. The molecule has 0 bridgehead atoms. The molecule has 0 saturated carbocycles. The van der Waals surface area contributed by atoms with E-state index in [1.54, 1.807) is 0 Å². The number of ether oxygens (including phenoxy) is 1. The molecule has 2 heteroatoms. The molecular formula is C16H25NO. The normalized spacial score (nSPS) is 19.6. The van der Waals surface area contributed by atoms with Gasteiger partial charge in [-0.25, -0.2) is 0 Å². The minimum atomic E-state index is -0.106. The summed E-state index contributed by atoms with van der Waals surface area (Å²) in [5.74, 6) is 0. The zero-order valence-electron chi connectivity index (χ0n) is 11.8. The Morgan fingerprint density at radius 2 is 2.11 bits per heavy atom.